The highest BCUT2D eigenvalue weighted by atomic mass is 19.1. The molecule has 0 saturated carbocycles. The third-order valence-corrected chi connectivity index (χ3v) is 4.68. The lowest BCUT2D eigenvalue weighted by Crippen LogP contribution is -2.47. The zero-order valence-corrected chi connectivity index (χ0v) is 14.9. The molecule has 0 atom stereocenters. The fourth-order valence-electron chi connectivity index (χ4n) is 3.03. The summed E-state index contributed by atoms with van der Waals surface area (Å²) in [4.78, 5) is 21.2. The Morgan fingerprint density at radius 3 is 2.52 bits per heavy atom. The Bertz CT molecular complexity index is 947. The minimum atomic E-state index is -0.322. The van der Waals surface area contributed by atoms with Crippen LogP contribution in [0.1, 0.15) is 10.4 Å². The van der Waals surface area contributed by atoms with E-state index in [0.29, 0.717) is 28.4 Å². The summed E-state index contributed by atoms with van der Waals surface area (Å²) in [6.45, 7) is 3.18. The van der Waals surface area contributed by atoms with E-state index in [2.05, 4.69) is 22.1 Å². The molecule has 0 radical (unpaired) electrons. The van der Waals surface area contributed by atoms with Gasteiger partial charge in [0.05, 0.1) is 0 Å². The molecule has 3 aromatic rings. The van der Waals surface area contributed by atoms with Gasteiger partial charge in [0.15, 0.2) is 0 Å². The minimum absolute atomic E-state index is 0.00298. The molecule has 138 valence electrons. The maximum absolute atomic E-state index is 13.1. The molecule has 1 aromatic heterocycles. The molecule has 1 aliphatic rings. The van der Waals surface area contributed by atoms with Gasteiger partial charge >= 0.3 is 0 Å². The number of benzene rings is 2. The Morgan fingerprint density at radius 1 is 1.04 bits per heavy atom. The summed E-state index contributed by atoms with van der Waals surface area (Å²) in [7, 11) is 2.05. The zero-order valence-electron chi connectivity index (χ0n) is 14.9. The van der Waals surface area contributed by atoms with Crippen molar-refractivity contribution in [3.05, 3.63) is 59.9 Å². The summed E-state index contributed by atoms with van der Waals surface area (Å²) in [5.74, 6) is 0.379. The first-order valence-corrected chi connectivity index (χ1v) is 8.78. The molecular weight excluding hydrogens is 347 g/mol. The van der Waals surface area contributed by atoms with Gasteiger partial charge in [0, 0.05) is 42.9 Å². The standard InChI is InChI=1S/C20H19FN4O2/c1-24-9-11-25(12-10-24)20(26)16-4-2-3-15(13-16)19-22-18(23-27-19)14-5-7-17(21)8-6-14/h2-8,13H,9-12H2,1H3. The summed E-state index contributed by atoms with van der Waals surface area (Å²) in [5.41, 5.74) is 1.94. The first-order valence-electron chi connectivity index (χ1n) is 8.78. The molecule has 1 amide bonds. The third-order valence-electron chi connectivity index (χ3n) is 4.68. The molecule has 1 fully saturated rings. The summed E-state index contributed by atoms with van der Waals surface area (Å²) in [6.07, 6.45) is 0. The summed E-state index contributed by atoms with van der Waals surface area (Å²) in [6, 6.07) is 13.1. The average Bonchev–Trinajstić information content (AvgIpc) is 3.19. The number of rotatable bonds is 3. The number of likely N-dealkylation sites (N-methyl/N-ethyl adjacent to an activating group) is 1. The smallest absolute Gasteiger partial charge is 0.258 e. The van der Waals surface area contributed by atoms with Gasteiger partial charge in [-0.3, -0.25) is 4.79 Å². The predicted molar refractivity (Wildman–Crippen MR) is 98.5 cm³/mol. The van der Waals surface area contributed by atoms with Crippen LogP contribution >= 0.6 is 0 Å². The topological polar surface area (TPSA) is 62.5 Å². The van der Waals surface area contributed by atoms with Crippen LogP contribution in [0, 0.1) is 5.82 Å². The highest BCUT2D eigenvalue weighted by Gasteiger charge is 2.21. The van der Waals surface area contributed by atoms with Crippen LogP contribution in [0.3, 0.4) is 0 Å². The van der Waals surface area contributed by atoms with Gasteiger partial charge in [-0.15, -0.1) is 0 Å². The monoisotopic (exact) mass is 366 g/mol. The summed E-state index contributed by atoms with van der Waals surface area (Å²) >= 11 is 0. The molecular formula is C20H19FN4O2. The van der Waals surface area contributed by atoms with E-state index >= 15 is 0 Å². The van der Waals surface area contributed by atoms with Crippen molar-refractivity contribution in [3.63, 3.8) is 0 Å². The number of amides is 1. The predicted octanol–water partition coefficient (Wildman–Crippen LogP) is 2.93. The molecule has 0 unspecified atom stereocenters. The van der Waals surface area contributed by atoms with Crippen LogP contribution in [0.5, 0.6) is 0 Å². The second kappa shape index (κ2) is 7.28. The number of aromatic nitrogens is 2. The lowest BCUT2D eigenvalue weighted by molar-refractivity contribution is 0.0664. The Hall–Kier alpha value is -3.06. The first kappa shape index (κ1) is 17.4. The molecule has 1 aliphatic heterocycles. The van der Waals surface area contributed by atoms with Gasteiger partial charge < -0.3 is 14.3 Å². The summed E-state index contributed by atoms with van der Waals surface area (Å²) in [5, 5.41) is 3.96. The van der Waals surface area contributed by atoms with Crippen molar-refractivity contribution in [1.29, 1.82) is 0 Å². The van der Waals surface area contributed by atoms with Crippen molar-refractivity contribution in [3.8, 4) is 22.8 Å². The van der Waals surface area contributed by atoms with Crippen molar-refractivity contribution >= 4 is 5.91 Å². The molecule has 0 aliphatic carbocycles. The van der Waals surface area contributed by atoms with Crippen molar-refractivity contribution in [1.82, 2.24) is 19.9 Å². The van der Waals surface area contributed by atoms with Crippen molar-refractivity contribution in [2.45, 2.75) is 0 Å². The lowest BCUT2D eigenvalue weighted by Gasteiger charge is -2.32. The second-order valence-corrected chi connectivity index (χ2v) is 6.61. The van der Waals surface area contributed by atoms with Crippen LogP contribution in [-0.4, -0.2) is 59.1 Å². The highest BCUT2D eigenvalue weighted by Crippen LogP contribution is 2.23. The molecule has 2 aromatic carbocycles. The van der Waals surface area contributed by atoms with E-state index in [-0.39, 0.29) is 11.7 Å². The van der Waals surface area contributed by atoms with E-state index in [1.54, 1.807) is 30.3 Å². The van der Waals surface area contributed by atoms with E-state index < -0.39 is 0 Å². The normalized spacial score (nSPS) is 15.1. The molecule has 7 heteroatoms. The maximum atomic E-state index is 13.1. The van der Waals surface area contributed by atoms with Gasteiger partial charge in [-0.2, -0.15) is 4.98 Å². The molecule has 0 spiro atoms. The molecule has 1 saturated heterocycles. The SMILES string of the molecule is CN1CCN(C(=O)c2cccc(-c3nc(-c4ccc(F)cc4)no3)c2)CC1. The fourth-order valence-corrected chi connectivity index (χ4v) is 3.03. The number of hydrogen-bond acceptors (Lipinski definition) is 5. The lowest BCUT2D eigenvalue weighted by atomic mass is 10.1. The fraction of sp³-hybridized carbons (Fsp3) is 0.250. The number of carbonyl (C=O) groups is 1. The van der Waals surface area contributed by atoms with Gasteiger partial charge in [-0.05, 0) is 49.5 Å². The Kier molecular flexibility index (Phi) is 4.68. The van der Waals surface area contributed by atoms with Gasteiger partial charge in [0.2, 0.25) is 5.82 Å². The van der Waals surface area contributed by atoms with E-state index in [9.17, 15) is 9.18 Å². The Balaban J connectivity index is 1.56. The number of hydrogen-bond donors (Lipinski definition) is 0. The van der Waals surface area contributed by atoms with Gasteiger partial charge in [-0.25, -0.2) is 4.39 Å². The number of carbonyl (C=O) groups excluding carboxylic acids is 1. The maximum Gasteiger partial charge on any atom is 0.258 e. The highest BCUT2D eigenvalue weighted by molar-refractivity contribution is 5.95. The quantitative estimate of drug-likeness (QED) is 0.713. The Labute approximate surface area is 156 Å². The zero-order chi connectivity index (χ0) is 18.8. The molecule has 4 rings (SSSR count). The molecule has 6 nitrogen and oxygen atoms in total. The van der Waals surface area contributed by atoms with Gasteiger partial charge in [0.1, 0.15) is 5.82 Å². The number of halogens is 1. The number of piperazine rings is 1. The number of nitrogens with zero attached hydrogens (tertiary/aromatic N) is 4. The van der Waals surface area contributed by atoms with Gasteiger partial charge in [-0.1, -0.05) is 11.2 Å². The minimum Gasteiger partial charge on any atom is -0.336 e. The van der Waals surface area contributed by atoms with Gasteiger partial charge in [0.25, 0.3) is 11.8 Å². The third kappa shape index (κ3) is 3.73. The van der Waals surface area contributed by atoms with Crippen LogP contribution in [0.4, 0.5) is 4.39 Å². The van der Waals surface area contributed by atoms with E-state index in [1.807, 2.05) is 11.0 Å². The molecule has 27 heavy (non-hydrogen) atoms. The van der Waals surface area contributed by atoms with Crippen molar-refractivity contribution in [2.24, 2.45) is 0 Å². The van der Waals surface area contributed by atoms with Crippen LogP contribution in [-0.2, 0) is 0 Å². The average molecular weight is 366 g/mol. The van der Waals surface area contributed by atoms with Crippen LogP contribution < -0.4 is 0 Å². The second-order valence-electron chi connectivity index (χ2n) is 6.61. The van der Waals surface area contributed by atoms with E-state index in [0.717, 1.165) is 26.2 Å². The van der Waals surface area contributed by atoms with Crippen molar-refractivity contribution in [2.75, 3.05) is 33.2 Å². The summed E-state index contributed by atoms with van der Waals surface area (Å²) < 4.78 is 18.4. The largest absolute Gasteiger partial charge is 0.336 e. The molecule has 0 bridgehead atoms. The van der Waals surface area contributed by atoms with Crippen LogP contribution in [0.15, 0.2) is 53.1 Å². The Morgan fingerprint density at radius 2 is 1.78 bits per heavy atom. The van der Waals surface area contributed by atoms with Crippen LogP contribution in [0.25, 0.3) is 22.8 Å². The van der Waals surface area contributed by atoms with E-state index in [4.69, 9.17) is 4.52 Å². The van der Waals surface area contributed by atoms with Crippen molar-refractivity contribution < 1.29 is 13.7 Å². The first-order chi connectivity index (χ1) is 13.1. The van der Waals surface area contributed by atoms with E-state index in [1.165, 1.54) is 12.1 Å². The molecule has 0 N–H and O–H groups in total. The molecule has 2 heterocycles. The van der Waals surface area contributed by atoms with Crippen LogP contribution in [0.2, 0.25) is 0 Å².